The third-order valence-electron chi connectivity index (χ3n) is 3.11. The Morgan fingerprint density at radius 3 is 3.07 bits per heavy atom. The quantitative estimate of drug-likeness (QED) is 0.601. The van der Waals surface area contributed by atoms with E-state index in [2.05, 4.69) is 11.9 Å². The van der Waals surface area contributed by atoms with E-state index in [1.54, 1.807) is 11.3 Å². The molecule has 1 aromatic rings. The van der Waals surface area contributed by atoms with Gasteiger partial charge in [0.1, 0.15) is 5.69 Å². The summed E-state index contributed by atoms with van der Waals surface area (Å²) in [6.07, 6.45) is 3.77. The van der Waals surface area contributed by atoms with Crippen LogP contribution in [0.5, 0.6) is 0 Å². The lowest BCUT2D eigenvalue weighted by Gasteiger charge is -2.10. The topological polar surface area (TPSA) is 30.0 Å². The van der Waals surface area contributed by atoms with Crippen molar-refractivity contribution >= 4 is 28.7 Å². The van der Waals surface area contributed by atoms with Crippen LogP contribution in [0.3, 0.4) is 0 Å². The van der Waals surface area contributed by atoms with Gasteiger partial charge in [-0.3, -0.25) is 4.79 Å². The van der Waals surface area contributed by atoms with Gasteiger partial charge >= 0.3 is 0 Å². The third kappa shape index (κ3) is 2.23. The predicted octanol–water partition coefficient (Wildman–Crippen LogP) is 3.47. The van der Waals surface area contributed by atoms with Crippen LogP contribution < -0.4 is 0 Å². The summed E-state index contributed by atoms with van der Waals surface area (Å²) in [7, 11) is 0. The van der Waals surface area contributed by atoms with Gasteiger partial charge in [0.25, 0.3) is 0 Å². The molecule has 0 spiro atoms. The summed E-state index contributed by atoms with van der Waals surface area (Å²) < 4.78 is 0. The van der Waals surface area contributed by atoms with Crippen molar-refractivity contribution in [3.05, 3.63) is 16.1 Å². The van der Waals surface area contributed by atoms with E-state index in [1.165, 1.54) is 19.3 Å². The zero-order valence-corrected chi connectivity index (χ0v) is 10.3. The number of aromatic nitrogens is 1. The van der Waals surface area contributed by atoms with Crippen molar-refractivity contribution in [1.29, 1.82) is 0 Å². The molecule has 0 aliphatic heterocycles. The Morgan fingerprint density at radius 2 is 2.47 bits per heavy atom. The van der Waals surface area contributed by atoms with E-state index in [4.69, 9.17) is 11.6 Å². The molecule has 1 saturated carbocycles. The zero-order valence-electron chi connectivity index (χ0n) is 8.70. The van der Waals surface area contributed by atoms with Crippen molar-refractivity contribution in [2.75, 3.05) is 5.88 Å². The monoisotopic (exact) mass is 243 g/mol. The maximum absolute atomic E-state index is 11.3. The summed E-state index contributed by atoms with van der Waals surface area (Å²) in [6.45, 7) is 2.27. The number of thiazole rings is 1. The minimum Gasteiger partial charge on any atom is -0.291 e. The van der Waals surface area contributed by atoms with Gasteiger partial charge in [0.05, 0.1) is 10.9 Å². The molecule has 0 saturated heterocycles. The van der Waals surface area contributed by atoms with Crippen LogP contribution >= 0.6 is 22.9 Å². The highest BCUT2D eigenvalue weighted by atomic mass is 35.5. The lowest BCUT2D eigenvalue weighted by molar-refractivity contribution is 0.101. The van der Waals surface area contributed by atoms with Gasteiger partial charge in [-0.25, -0.2) is 4.98 Å². The third-order valence-corrected chi connectivity index (χ3v) is 4.33. The van der Waals surface area contributed by atoms with Crippen LogP contribution in [0.15, 0.2) is 5.38 Å². The van der Waals surface area contributed by atoms with Gasteiger partial charge in [0, 0.05) is 11.3 Å². The SMILES string of the molecule is CC1CCCC1c1nc(C(=O)CCl)cs1. The van der Waals surface area contributed by atoms with Gasteiger partial charge in [0.15, 0.2) is 5.78 Å². The maximum Gasteiger partial charge on any atom is 0.196 e. The summed E-state index contributed by atoms with van der Waals surface area (Å²) in [5.74, 6) is 1.23. The molecule has 4 heteroatoms. The molecule has 2 unspecified atom stereocenters. The Morgan fingerprint density at radius 1 is 1.67 bits per heavy atom. The molecule has 2 rings (SSSR count). The van der Waals surface area contributed by atoms with E-state index in [-0.39, 0.29) is 11.7 Å². The number of Topliss-reactive ketones (excluding diaryl/α,β-unsaturated/α-hetero) is 1. The number of rotatable bonds is 3. The summed E-state index contributed by atoms with van der Waals surface area (Å²) in [4.78, 5) is 15.7. The number of carbonyl (C=O) groups excluding carboxylic acids is 1. The Bertz CT molecular complexity index is 363. The highest BCUT2D eigenvalue weighted by Crippen LogP contribution is 2.40. The fourth-order valence-corrected chi connectivity index (χ4v) is 3.40. The van der Waals surface area contributed by atoms with E-state index >= 15 is 0 Å². The Kier molecular flexibility index (Phi) is 3.42. The van der Waals surface area contributed by atoms with Crippen molar-refractivity contribution in [3.8, 4) is 0 Å². The highest BCUT2D eigenvalue weighted by Gasteiger charge is 2.27. The average molecular weight is 244 g/mol. The van der Waals surface area contributed by atoms with Crippen LogP contribution in [-0.4, -0.2) is 16.6 Å². The van der Waals surface area contributed by atoms with E-state index in [0.717, 1.165) is 5.01 Å². The van der Waals surface area contributed by atoms with E-state index < -0.39 is 0 Å². The standard InChI is InChI=1S/C11H14ClNOS/c1-7-3-2-4-8(7)11-13-9(6-15-11)10(14)5-12/h6-8H,2-5H2,1H3. The molecule has 0 N–H and O–H groups in total. The Labute approximate surface area is 98.7 Å². The Balaban J connectivity index is 2.16. The number of hydrogen-bond donors (Lipinski definition) is 0. The first kappa shape index (κ1) is 11.1. The molecule has 0 aromatic carbocycles. The molecule has 0 bridgehead atoms. The minimum absolute atomic E-state index is 0.0311. The lowest BCUT2D eigenvalue weighted by Crippen LogP contribution is -2.04. The van der Waals surface area contributed by atoms with Crippen LogP contribution in [-0.2, 0) is 0 Å². The van der Waals surface area contributed by atoms with E-state index in [9.17, 15) is 4.79 Å². The number of nitrogens with zero attached hydrogens (tertiary/aromatic N) is 1. The van der Waals surface area contributed by atoms with Gasteiger partial charge < -0.3 is 0 Å². The lowest BCUT2D eigenvalue weighted by atomic mass is 9.99. The first-order chi connectivity index (χ1) is 7.22. The first-order valence-electron chi connectivity index (χ1n) is 5.27. The number of ketones is 1. The molecule has 0 amide bonds. The van der Waals surface area contributed by atoms with Crippen LogP contribution in [0, 0.1) is 5.92 Å². The van der Waals surface area contributed by atoms with Gasteiger partial charge in [-0.05, 0) is 12.3 Å². The van der Waals surface area contributed by atoms with Crippen molar-refractivity contribution in [2.45, 2.75) is 32.1 Å². The molecular formula is C11H14ClNOS. The van der Waals surface area contributed by atoms with Crippen LogP contribution in [0.1, 0.15) is 47.6 Å². The molecule has 1 aliphatic carbocycles. The van der Waals surface area contributed by atoms with Gasteiger partial charge in [-0.2, -0.15) is 0 Å². The number of hydrogen-bond acceptors (Lipinski definition) is 3. The van der Waals surface area contributed by atoms with Crippen molar-refractivity contribution < 1.29 is 4.79 Å². The van der Waals surface area contributed by atoms with Crippen LogP contribution in [0.2, 0.25) is 0 Å². The fraction of sp³-hybridized carbons (Fsp3) is 0.636. The average Bonchev–Trinajstić information content (AvgIpc) is 2.84. The highest BCUT2D eigenvalue weighted by molar-refractivity contribution is 7.10. The molecule has 1 aliphatic rings. The zero-order chi connectivity index (χ0) is 10.8. The molecule has 1 aromatic heterocycles. The van der Waals surface area contributed by atoms with E-state index in [1.807, 2.05) is 5.38 Å². The van der Waals surface area contributed by atoms with Crippen LogP contribution in [0.25, 0.3) is 0 Å². The smallest absolute Gasteiger partial charge is 0.196 e. The molecular weight excluding hydrogens is 230 g/mol. The summed E-state index contributed by atoms with van der Waals surface area (Å²) in [6, 6.07) is 0. The number of carbonyl (C=O) groups is 1. The maximum atomic E-state index is 11.3. The largest absolute Gasteiger partial charge is 0.291 e. The molecule has 1 fully saturated rings. The summed E-state index contributed by atoms with van der Waals surface area (Å²) >= 11 is 7.10. The second kappa shape index (κ2) is 4.62. The molecule has 15 heavy (non-hydrogen) atoms. The van der Waals surface area contributed by atoms with Crippen molar-refractivity contribution in [2.24, 2.45) is 5.92 Å². The van der Waals surface area contributed by atoms with Crippen molar-refractivity contribution in [3.63, 3.8) is 0 Å². The second-order valence-electron chi connectivity index (χ2n) is 4.14. The molecule has 82 valence electrons. The second-order valence-corrected chi connectivity index (χ2v) is 5.30. The van der Waals surface area contributed by atoms with Gasteiger partial charge in [0.2, 0.25) is 0 Å². The molecule has 2 atom stereocenters. The first-order valence-corrected chi connectivity index (χ1v) is 6.68. The summed E-state index contributed by atoms with van der Waals surface area (Å²) in [5.41, 5.74) is 0.545. The van der Waals surface area contributed by atoms with E-state index in [0.29, 0.717) is 17.5 Å². The number of halogens is 1. The molecule has 0 radical (unpaired) electrons. The summed E-state index contributed by atoms with van der Waals surface area (Å²) in [5, 5.41) is 2.96. The minimum atomic E-state index is -0.0650. The normalized spacial score (nSPS) is 25.7. The fourth-order valence-electron chi connectivity index (χ4n) is 2.17. The van der Waals surface area contributed by atoms with Crippen molar-refractivity contribution in [1.82, 2.24) is 4.98 Å². The predicted molar refractivity (Wildman–Crippen MR) is 62.9 cm³/mol. The van der Waals surface area contributed by atoms with Gasteiger partial charge in [-0.1, -0.05) is 19.8 Å². The van der Waals surface area contributed by atoms with Crippen LogP contribution in [0.4, 0.5) is 0 Å². The molecule has 1 heterocycles. The number of alkyl halides is 1. The van der Waals surface area contributed by atoms with Gasteiger partial charge in [-0.15, -0.1) is 22.9 Å². The molecule has 2 nitrogen and oxygen atoms in total. The Hall–Kier alpha value is -0.410.